The van der Waals surface area contributed by atoms with Gasteiger partial charge in [-0.15, -0.1) is 0 Å². The van der Waals surface area contributed by atoms with E-state index in [0.29, 0.717) is 23.8 Å². The van der Waals surface area contributed by atoms with Gasteiger partial charge < -0.3 is 24.4 Å². The molecule has 0 saturated heterocycles. The molecule has 0 heterocycles. The number of rotatable bonds is 11. The molecule has 2 aromatic rings. The van der Waals surface area contributed by atoms with Crippen molar-refractivity contribution in [1.29, 1.82) is 0 Å². The number of hydrogen-bond acceptors (Lipinski definition) is 5. The first-order valence-electron chi connectivity index (χ1n) is 10.8. The van der Waals surface area contributed by atoms with Gasteiger partial charge in [0.2, 0.25) is 5.91 Å². The van der Waals surface area contributed by atoms with Gasteiger partial charge in [0.25, 0.3) is 5.91 Å². The van der Waals surface area contributed by atoms with Crippen LogP contribution in [0.1, 0.15) is 38.3 Å². The molecule has 0 radical (unpaired) electrons. The SMILES string of the molecule is CC[C@H](C)NC(=O)[C@H](C)N(Cc1ccc(C)cc1)C(=O)COc1cc(OC)cc(OC)c1. The summed E-state index contributed by atoms with van der Waals surface area (Å²) in [7, 11) is 3.09. The zero-order valence-electron chi connectivity index (χ0n) is 19.8. The van der Waals surface area contributed by atoms with E-state index in [1.165, 1.54) is 0 Å². The van der Waals surface area contributed by atoms with Gasteiger partial charge >= 0.3 is 0 Å². The van der Waals surface area contributed by atoms with E-state index < -0.39 is 6.04 Å². The largest absolute Gasteiger partial charge is 0.496 e. The highest BCUT2D eigenvalue weighted by Crippen LogP contribution is 2.27. The normalized spacial score (nSPS) is 12.4. The van der Waals surface area contributed by atoms with Gasteiger partial charge in [0.05, 0.1) is 14.2 Å². The van der Waals surface area contributed by atoms with Crippen molar-refractivity contribution >= 4 is 11.8 Å². The Bertz CT molecular complexity index is 875. The average Bonchev–Trinajstić information content (AvgIpc) is 2.81. The van der Waals surface area contributed by atoms with Crippen molar-refractivity contribution < 1.29 is 23.8 Å². The summed E-state index contributed by atoms with van der Waals surface area (Å²) in [5, 5.41) is 2.96. The quantitative estimate of drug-likeness (QED) is 0.574. The van der Waals surface area contributed by atoms with Crippen molar-refractivity contribution in [3.63, 3.8) is 0 Å². The van der Waals surface area contributed by atoms with E-state index in [1.54, 1.807) is 44.2 Å². The van der Waals surface area contributed by atoms with E-state index in [1.807, 2.05) is 45.0 Å². The average molecular weight is 443 g/mol. The third kappa shape index (κ3) is 7.18. The van der Waals surface area contributed by atoms with Gasteiger partial charge in [0, 0.05) is 30.8 Å². The Morgan fingerprint density at radius 1 is 0.969 bits per heavy atom. The molecule has 1 N–H and O–H groups in total. The number of amides is 2. The highest BCUT2D eigenvalue weighted by atomic mass is 16.5. The number of hydrogen-bond donors (Lipinski definition) is 1. The van der Waals surface area contributed by atoms with E-state index in [2.05, 4.69) is 5.32 Å². The Morgan fingerprint density at radius 3 is 2.06 bits per heavy atom. The Morgan fingerprint density at radius 2 is 1.53 bits per heavy atom. The highest BCUT2D eigenvalue weighted by Gasteiger charge is 2.27. The number of methoxy groups -OCH3 is 2. The van der Waals surface area contributed by atoms with E-state index in [-0.39, 0.29) is 24.5 Å². The molecule has 174 valence electrons. The van der Waals surface area contributed by atoms with E-state index in [4.69, 9.17) is 14.2 Å². The molecule has 0 aliphatic heterocycles. The van der Waals surface area contributed by atoms with Crippen molar-refractivity contribution in [2.24, 2.45) is 0 Å². The smallest absolute Gasteiger partial charge is 0.261 e. The Hall–Kier alpha value is -3.22. The third-order valence-electron chi connectivity index (χ3n) is 5.33. The van der Waals surface area contributed by atoms with Crippen molar-refractivity contribution in [2.75, 3.05) is 20.8 Å². The maximum absolute atomic E-state index is 13.2. The first kappa shape index (κ1) is 25.0. The van der Waals surface area contributed by atoms with Crippen LogP contribution in [0.5, 0.6) is 17.2 Å². The molecule has 0 spiro atoms. The molecule has 2 aromatic carbocycles. The Balaban J connectivity index is 2.18. The molecule has 0 aliphatic rings. The lowest BCUT2D eigenvalue weighted by atomic mass is 10.1. The van der Waals surface area contributed by atoms with Crippen LogP contribution in [0.3, 0.4) is 0 Å². The summed E-state index contributed by atoms with van der Waals surface area (Å²) >= 11 is 0. The van der Waals surface area contributed by atoms with Gasteiger partial charge in [-0.25, -0.2) is 0 Å². The maximum atomic E-state index is 13.2. The van der Waals surface area contributed by atoms with Crippen molar-refractivity contribution in [3.8, 4) is 17.2 Å². The molecule has 0 fully saturated rings. The molecular weight excluding hydrogens is 408 g/mol. The fourth-order valence-electron chi connectivity index (χ4n) is 3.03. The minimum Gasteiger partial charge on any atom is -0.496 e. The topological polar surface area (TPSA) is 77.1 Å². The molecule has 0 aliphatic carbocycles. The second-order valence-electron chi connectivity index (χ2n) is 7.84. The number of carbonyl (C=O) groups excluding carboxylic acids is 2. The van der Waals surface area contributed by atoms with Gasteiger partial charge in [-0.3, -0.25) is 9.59 Å². The van der Waals surface area contributed by atoms with Crippen molar-refractivity contribution in [3.05, 3.63) is 53.6 Å². The first-order chi connectivity index (χ1) is 15.3. The Labute approximate surface area is 190 Å². The van der Waals surface area contributed by atoms with Gasteiger partial charge in [-0.05, 0) is 32.8 Å². The van der Waals surface area contributed by atoms with Crippen molar-refractivity contribution in [2.45, 2.75) is 52.7 Å². The van der Waals surface area contributed by atoms with Crippen LogP contribution in [-0.2, 0) is 16.1 Å². The Kier molecular flexibility index (Phi) is 9.38. The number of nitrogens with zero attached hydrogens (tertiary/aromatic N) is 1. The zero-order chi connectivity index (χ0) is 23.7. The van der Waals surface area contributed by atoms with Crippen LogP contribution >= 0.6 is 0 Å². The standard InChI is InChI=1S/C25H34N2O5/c1-7-18(3)26-25(29)19(4)27(15-20-10-8-17(2)9-11-20)24(28)16-32-23-13-21(30-5)12-22(14-23)31-6/h8-14,18-19H,7,15-16H2,1-6H3,(H,26,29)/t18-,19-/m0/s1. The molecular formula is C25H34N2O5. The molecule has 7 heteroatoms. The number of ether oxygens (including phenoxy) is 3. The predicted molar refractivity (Wildman–Crippen MR) is 124 cm³/mol. The maximum Gasteiger partial charge on any atom is 0.261 e. The van der Waals surface area contributed by atoms with Crippen LogP contribution in [0, 0.1) is 6.92 Å². The van der Waals surface area contributed by atoms with E-state index in [0.717, 1.165) is 17.5 Å². The molecule has 32 heavy (non-hydrogen) atoms. The fraction of sp³-hybridized carbons (Fsp3) is 0.440. The molecule has 0 unspecified atom stereocenters. The van der Waals surface area contributed by atoms with Gasteiger partial charge in [-0.2, -0.15) is 0 Å². The van der Waals surface area contributed by atoms with Crippen LogP contribution in [-0.4, -0.2) is 49.6 Å². The number of nitrogens with one attached hydrogen (secondary N) is 1. The van der Waals surface area contributed by atoms with Gasteiger partial charge in [0.1, 0.15) is 23.3 Å². The van der Waals surface area contributed by atoms with Crippen LogP contribution in [0.2, 0.25) is 0 Å². The van der Waals surface area contributed by atoms with Crippen LogP contribution in [0.15, 0.2) is 42.5 Å². The first-order valence-corrected chi connectivity index (χ1v) is 10.8. The lowest BCUT2D eigenvalue weighted by Gasteiger charge is -2.29. The minimum atomic E-state index is -0.652. The second-order valence-corrected chi connectivity index (χ2v) is 7.84. The van der Waals surface area contributed by atoms with Crippen LogP contribution in [0.4, 0.5) is 0 Å². The van der Waals surface area contributed by atoms with E-state index in [9.17, 15) is 9.59 Å². The summed E-state index contributed by atoms with van der Waals surface area (Å²) in [5.41, 5.74) is 2.07. The number of benzene rings is 2. The van der Waals surface area contributed by atoms with E-state index >= 15 is 0 Å². The summed E-state index contributed by atoms with van der Waals surface area (Å²) in [4.78, 5) is 27.5. The number of aryl methyl sites for hydroxylation is 1. The lowest BCUT2D eigenvalue weighted by Crippen LogP contribution is -2.50. The molecule has 0 bridgehead atoms. The van der Waals surface area contributed by atoms with Gasteiger partial charge in [-0.1, -0.05) is 36.8 Å². The summed E-state index contributed by atoms with van der Waals surface area (Å²) in [5.74, 6) is 1.08. The summed E-state index contributed by atoms with van der Waals surface area (Å²) in [6, 6.07) is 12.4. The molecule has 0 saturated carbocycles. The molecule has 2 amide bonds. The van der Waals surface area contributed by atoms with Crippen molar-refractivity contribution in [1.82, 2.24) is 10.2 Å². The van der Waals surface area contributed by atoms with Gasteiger partial charge in [0.15, 0.2) is 6.61 Å². The third-order valence-corrected chi connectivity index (χ3v) is 5.33. The minimum absolute atomic E-state index is 0.0294. The molecule has 2 rings (SSSR count). The monoisotopic (exact) mass is 442 g/mol. The lowest BCUT2D eigenvalue weighted by molar-refractivity contribution is -0.142. The van der Waals surface area contributed by atoms with Crippen LogP contribution in [0.25, 0.3) is 0 Å². The summed E-state index contributed by atoms with van der Waals surface area (Å²) < 4.78 is 16.2. The fourth-order valence-corrected chi connectivity index (χ4v) is 3.03. The second kappa shape index (κ2) is 12.0. The predicted octanol–water partition coefficient (Wildman–Crippen LogP) is 3.72. The summed E-state index contributed by atoms with van der Waals surface area (Å²) in [6.45, 7) is 7.77. The van der Waals surface area contributed by atoms with Crippen LogP contribution < -0.4 is 19.5 Å². The molecule has 2 atom stereocenters. The number of carbonyl (C=O) groups is 2. The molecule has 0 aromatic heterocycles. The molecule has 7 nitrogen and oxygen atoms in total. The zero-order valence-corrected chi connectivity index (χ0v) is 19.8. The summed E-state index contributed by atoms with van der Waals surface area (Å²) in [6.07, 6.45) is 0.811. The highest BCUT2D eigenvalue weighted by molar-refractivity contribution is 5.88.